The van der Waals surface area contributed by atoms with Crippen LogP contribution in [-0.4, -0.2) is 58.9 Å². The zero-order valence-corrected chi connectivity index (χ0v) is 24.7. The normalized spacial score (nSPS) is 17.0. The minimum Gasteiger partial charge on any atom is -0.348 e. The first-order valence-electron chi connectivity index (χ1n) is 12.9. The number of aromatic nitrogens is 2. The number of H-pyrrole nitrogens is 1. The fraction of sp³-hybridized carbons (Fsp3) is 0.370. The Morgan fingerprint density at radius 3 is 2.64 bits per heavy atom. The van der Waals surface area contributed by atoms with E-state index in [2.05, 4.69) is 20.6 Å². The van der Waals surface area contributed by atoms with E-state index in [1.54, 1.807) is 11.0 Å². The van der Waals surface area contributed by atoms with Gasteiger partial charge in [-0.15, -0.1) is 11.6 Å². The lowest BCUT2D eigenvalue weighted by Crippen LogP contribution is -2.47. The molecule has 42 heavy (non-hydrogen) atoms. The van der Waals surface area contributed by atoms with Crippen LogP contribution in [-0.2, 0) is 29.1 Å². The number of halogens is 5. The number of amides is 2. The van der Waals surface area contributed by atoms with Crippen molar-refractivity contribution >= 4 is 44.9 Å². The number of likely N-dealkylation sites (tertiary alicyclic amines) is 1. The van der Waals surface area contributed by atoms with Crippen molar-refractivity contribution in [3.05, 3.63) is 81.9 Å². The first-order chi connectivity index (χ1) is 19.8. The molecule has 1 unspecified atom stereocenters. The third-order valence-corrected chi connectivity index (χ3v) is 9.64. The molecule has 0 radical (unpaired) electrons. The van der Waals surface area contributed by atoms with E-state index in [0.29, 0.717) is 31.5 Å². The second-order valence-electron chi connectivity index (χ2n) is 9.91. The first-order valence-corrected chi connectivity index (χ1v) is 15.3. The first kappa shape index (κ1) is 31.8. The lowest BCUT2D eigenvalue weighted by molar-refractivity contribution is -0.138. The third kappa shape index (κ3) is 7.63. The Morgan fingerprint density at radius 1 is 1.21 bits per heavy atom. The maximum Gasteiger partial charge on any atom is 0.416 e. The molecular weight excluding hydrogens is 618 g/mol. The number of sulfone groups is 1. The standard InChI is InChI=1S/C27H28Cl2F3N5O4S/c1-16(28)42(40,41)20-6-2-4-17(8-20)11-34-25(38)18-9-22(27(30,31)32)21(23(29)10-18)14-37-7-3-5-19(13-37)36-26(39)24-12-33-15-35-24/h2,4,6,8-10,12,15-16,19H,3,5,7,11,13-14H2,1H3,(H,33,35)(H,34,38)(H,36,39)/t16?,19-/m0/s1. The minimum absolute atomic E-state index is 0.0377. The summed E-state index contributed by atoms with van der Waals surface area (Å²) in [6.45, 7) is 1.86. The van der Waals surface area contributed by atoms with E-state index >= 15 is 0 Å². The molecule has 4 rings (SSSR count). The van der Waals surface area contributed by atoms with Crippen LogP contribution in [0.3, 0.4) is 0 Å². The SMILES string of the molecule is CC(Cl)S(=O)(=O)c1cccc(CNC(=O)c2cc(Cl)c(CN3CCC[C@H](NC(=O)c4cnc[nH]4)C3)c(C(F)(F)F)c2)c1. The van der Waals surface area contributed by atoms with Crippen molar-refractivity contribution in [2.75, 3.05) is 13.1 Å². The Hall–Kier alpha value is -3.13. The van der Waals surface area contributed by atoms with E-state index in [1.807, 2.05) is 0 Å². The predicted octanol–water partition coefficient (Wildman–Crippen LogP) is 4.76. The smallest absolute Gasteiger partial charge is 0.348 e. The molecule has 2 heterocycles. The second kappa shape index (κ2) is 13.0. The van der Waals surface area contributed by atoms with Crippen molar-refractivity contribution in [1.82, 2.24) is 25.5 Å². The van der Waals surface area contributed by atoms with Crippen molar-refractivity contribution < 1.29 is 31.2 Å². The minimum atomic E-state index is -4.79. The maximum atomic E-state index is 14.2. The zero-order valence-electron chi connectivity index (χ0n) is 22.3. The highest BCUT2D eigenvalue weighted by Crippen LogP contribution is 2.37. The highest BCUT2D eigenvalue weighted by molar-refractivity contribution is 7.93. The van der Waals surface area contributed by atoms with Gasteiger partial charge in [0.15, 0.2) is 9.84 Å². The molecule has 15 heteroatoms. The van der Waals surface area contributed by atoms with Crippen molar-refractivity contribution in [2.24, 2.45) is 0 Å². The quantitative estimate of drug-likeness (QED) is 0.288. The number of hydrogen-bond acceptors (Lipinski definition) is 6. The molecule has 2 atom stereocenters. The van der Waals surface area contributed by atoms with E-state index in [-0.39, 0.29) is 51.8 Å². The molecule has 1 fully saturated rings. The summed E-state index contributed by atoms with van der Waals surface area (Å²) in [7, 11) is -3.77. The summed E-state index contributed by atoms with van der Waals surface area (Å²) in [5, 5.41) is 5.16. The molecule has 3 aromatic rings. The molecule has 1 aromatic heterocycles. The topological polar surface area (TPSA) is 124 Å². The number of rotatable bonds is 9. The van der Waals surface area contributed by atoms with Gasteiger partial charge in [-0.1, -0.05) is 23.7 Å². The van der Waals surface area contributed by atoms with Gasteiger partial charge in [-0.3, -0.25) is 14.5 Å². The number of nitrogens with zero attached hydrogens (tertiary/aromatic N) is 2. The van der Waals surface area contributed by atoms with Gasteiger partial charge in [0.2, 0.25) is 0 Å². The Morgan fingerprint density at radius 2 is 1.98 bits per heavy atom. The van der Waals surface area contributed by atoms with Gasteiger partial charge in [0.1, 0.15) is 10.4 Å². The van der Waals surface area contributed by atoms with Crippen LogP contribution < -0.4 is 10.6 Å². The number of benzene rings is 2. The van der Waals surface area contributed by atoms with Crippen molar-refractivity contribution in [3.63, 3.8) is 0 Å². The summed E-state index contributed by atoms with van der Waals surface area (Å²) >= 11 is 12.1. The van der Waals surface area contributed by atoms with Crippen LogP contribution >= 0.6 is 23.2 Å². The lowest BCUT2D eigenvalue weighted by atomic mass is 9.99. The Balaban J connectivity index is 1.48. The number of piperidine rings is 1. The van der Waals surface area contributed by atoms with Crippen molar-refractivity contribution in [2.45, 2.75) is 54.7 Å². The van der Waals surface area contributed by atoms with Crippen molar-refractivity contribution in [3.8, 4) is 0 Å². The molecule has 1 saturated heterocycles. The summed E-state index contributed by atoms with van der Waals surface area (Å²) in [5.41, 5.74) is -0.800. The molecule has 0 bridgehead atoms. The summed E-state index contributed by atoms with van der Waals surface area (Å²) < 4.78 is 66.0. The molecule has 2 amide bonds. The second-order valence-corrected chi connectivity index (χ2v) is 13.5. The fourth-order valence-electron chi connectivity index (χ4n) is 4.67. The predicted molar refractivity (Wildman–Crippen MR) is 151 cm³/mol. The Bertz CT molecular complexity index is 1550. The van der Waals surface area contributed by atoms with Crippen LogP contribution in [0.2, 0.25) is 5.02 Å². The molecule has 3 N–H and O–H groups in total. The van der Waals surface area contributed by atoms with E-state index < -0.39 is 32.2 Å². The van der Waals surface area contributed by atoms with E-state index in [9.17, 15) is 31.2 Å². The highest BCUT2D eigenvalue weighted by Gasteiger charge is 2.36. The number of aromatic amines is 1. The number of carbonyl (C=O) groups excluding carboxylic acids is 2. The lowest BCUT2D eigenvalue weighted by Gasteiger charge is -2.34. The summed E-state index contributed by atoms with van der Waals surface area (Å²) in [5.74, 6) is -1.17. The van der Waals surface area contributed by atoms with Crippen LogP contribution in [0.5, 0.6) is 0 Å². The van der Waals surface area contributed by atoms with Crippen LogP contribution in [0.25, 0.3) is 0 Å². The summed E-state index contributed by atoms with van der Waals surface area (Å²) in [6, 6.07) is 7.41. The molecule has 0 saturated carbocycles. The van der Waals surface area contributed by atoms with Crippen LogP contribution in [0.15, 0.2) is 53.8 Å². The van der Waals surface area contributed by atoms with Gasteiger partial charge in [0.05, 0.1) is 23.0 Å². The largest absolute Gasteiger partial charge is 0.416 e. The van der Waals surface area contributed by atoms with Gasteiger partial charge in [-0.2, -0.15) is 13.2 Å². The zero-order chi connectivity index (χ0) is 30.7. The average molecular weight is 647 g/mol. The number of alkyl halides is 4. The van der Waals surface area contributed by atoms with Crippen molar-refractivity contribution in [1.29, 1.82) is 0 Å². The Labute approximate surface area is 250 Å². The van der Waals surface area contributed by atoms with E-state index in [4.69, 9.17) is 23.2 Å². The molecule has 2 aromatic carbocycles. The van der Waals surface area contributed by atoms with Crippen LogP contribution in [0.4, 0.5) is 13.2 Å². The van der Waals surface area contributed by atoms with E-state index in [0.717, 1.165) is 6.07 Å². The number of imidazole rings is 1. The van der Waals surface area contributed by atoms with Gasteiger partial charge in [-0.05, 0) is 61.7 Å². The van der Waals surface area contributed by atoms with Crippen LogP contribution in [0.1, 0.15) is 57.3 Å². The maximum absolute atomic E-state index is 14.2. The van der Waals surface area contributed by atoms with Crippen LogP contribution in [0, 0.1) is 0 Å². The van der Waals surface area contributed by atoms with Gasteiger partial charge < -0.3 is 15.6 Å². The molecule has 1 aliphatic rings. The number of hydrogen-bond donors (Lipinski definition) is 3. The number of carbonyl (C=O) groups is 2. The van der Waals surface area contributed by atoms with Gasteiger partial charge in [0.25, 0.3) is 11.8 Å². The molecule has 1 aliphatic heterocycles. The highest BCUT2D eigenvalue weighted by atomic mass is 35.5. The summed E-state index contributed by atoms with van der Waals surface area (Å²) in [4.78, 5) is 33.5. The van der Waals surface area contributed by atoms with Gasteiger partial charge in [-0.25, -0.2) is 13.4 Å². The third-order valence-electron chi connectivity index (χ3n) is 6.84. The van der Waals surface area contributed by atoms with Gasteiger partial charge in [0, 0.05) is 36.3 Å². The molecular formula is C27H28Cl2F3N5O4S. The van der Waals surface area contributed by atoms with Gasteiger partial charge >= 0.3 is 6.18 Å². The molecule has 226 valence electrons. The number of nitrogens with one attached hydrogen (secondary N) is 3. The molecule has 9 nitrogen and oxygen atoms in total. The summed E-state index contributed by atoms with van der Waals surface area (Å²) in [6.07, 6.45) is -0.720. The molecule has 0 spiro atoms. The molecule has 0 aliphatic carbocycles. The monoisotopic (exact) mass is 645 g/mol. The average Bonchev–Trinajstić information content (AvgIpc) is 3.48. The fourth-order valence-corrected chi connectivity index (χ4v) is 6.22. The van der Waals surface area contributed by atoms with E-state index in [1.165, 1.54) is 43.7 Å². The Kier molecular flexibility index (Phi) is 9.86.